The first-order valence-corrected chi connectivity index (χ1v) is 6.46. The standard InChI is InChI=1S/C14H20N2O3/c15-13(16-17)10-14(6-7-14)11-18-8-9-19-12-4-2-1-3-5-12/h1-5,17H,6-11H2,(H2,15,16). The third-order valence-electron chi connectivity index (χ3n) is 3.29. The minimum atomic E-state index is 0.0864. The van der Waals surface area contributed by atoms with Crippen molar-refractivity contribution >= 4 is 5.84 Å². The average Bonchev–Trinajstić information content (AvgIpc) is 3.19. The fraction of sp³-hybridized carbons (Fsp3) is 0.500. The predicted molar refractivity (Wildman–Crippen MR) is 72.4 cm³/mol. The monoisotopic (exact) mass is 264 g/mol. The molecule has 1 saturated carbocycles. The molecule has 0 aromatic heterocycles. The van der Waals surface area contributed by atoms with Gasteiger partial charge in [-0.3, -0.25) is 0 Å². The van der Waals surface area contributed by atoms with Gasteiger partial charge in [0.1, 0.15) is 18.2 Å². The van der Waals surface area contributed by atoms with E-state index in [-0.39, 0.29) is 11.3 Å². The second kappa shape index (κ2) is 6.43. The molecule has 0 amide bonds. The molecule has 5 nitrogen and oxygen atoms in total. The fourth-order valence-electron chi connectivity index (χ4n) is 1.99. The van der Waals surface area contributed by atoms with Crippen molar-refractivity contribution in [1.29, 1.82) is 0 Å². The normalized spacial score (nSPS) is 17.2. The summed E-state index contributed by atoms with van der Waals surface area (Å²) in [5.74, 6) is 1.13. The van der Waals surface area contributed by atoms with Gasteiger partial charge < -0.3 is 20.4 Å². The zero-order valence-corrected chi connectivity index (χ0v) is 10.9. The quantitative estimate of drug-likeness (QED) is 0.247. The van der Waals surface area contributed by atoms with Gasteiger partial charge in [-0.2, -0.15) is 0 Å². The van der Waals surface area contributed by atoms with Crippen LogP contribution in [0.5, 0.6) is 5.75 Å². The summed E-state index contributed by atoms with van der Waals surface area (Å²) in [5, 5.41) is 11.6. The molecule has 0 heterocycles. The number of oxime groups is 1. The maximum atomic E-state index is 8.56. The Morgan fingerprint density at radius 2 is 2.00 bits per heavy atom. The third-order valence-corrected chi connectivity index (χ3v) is 3.29. The molecule has 1 aromatic rings. The zero-order chi connectivity index (χ0) is 13.6. The number of nitrogens with two attached hydrogens (primary N) is 1. The van der Waals surface area contributed by atoms with E-state index in [4.69, 9.17) is 20.4 Å². The summed E-state index contributed by atoms with van der Waals surface area (Å²) in [6, 6.07) is 9.66. The number of hydrogen-bond donors (Lipinski definition) is 2. The Labute approximate surface area is 113 Å². The molecule has 0 bridgehead atoms. The van der Waals surface area contributed by atoms with E-state index in [0.717, 1.165) is 18.6 Å². The van der Waals surface area contributed by atoms with Crippen molar-refractivity contribution in [2.45, 2.75) is 19.3 Å². The van der Waals surface area contributed by atoms with Crippen molar-refractivity contribution in [3.63, 3.8) is 0 Å². The molecule has 1 aliphatic carbocycles. The van der Waals surface area contributed by atoms with Gasteiger partial charge in [0.05, 0.1) is 13.2 Å². The number of benzene rings is 1. The van der Waals surface area contributed by atoms with E-state index in [0.29, 0.717) is 26.2 Å². The van der Waals surface area contributed by atoms with Gasteiger partial charge in [0.15, 0.2) is 0 Å². The van der Waals surface area contributed by atoms with Gasteiger partial charge >= 0.3 is 0 Å². The molecular weight excluding hydrogens is 244 g/mol. The van der Waals surface area contributed by atoms with E-state index in [1.165, 1.54) is 0 Å². The summed E-state index contributed by atoms with van der Waals surface area (Å²) < 4.78 is 11.1. The fourth-order valence-corrected chi connectivity index (χ4v) is 1.99. The summed E-state index contributed by atoms with van der Waals surface area (Å²) in [6.45, 7) is 1.72. The smallest absolute Gasteiger partial charge is 0.139 e. The highest BCUT2D eigenvalue weighted by atomic mass is 16.5. The minimum Gasteiger partial charge on any atom is -0.491 e. The van der Waals surface area contributed by atoms with Crippen LogP contribution in [0.15, 0.2) is 35.5 Å². The van der Waals surface area contributed by atoms with Crippen molar-refractivity contribution < 1.29 is 14.7 Å². The van der Waals surface area contributed by atoms with Gasteiger partial charge in [-0.25, -0.2) is 0 Å². The van der Waals surface area contributed by atoms with Crippen molar-refractivity contribution in [3.05, 3.63) is 30.3 Å². The lowest BCUT2D eigenvalue weighted by molar-refractivity contribution is 0.0681. The SMILES string of the molecule is NC(CC1(COCCOc2ccccc2)CC1)=NO. The molecule has 1 aliphatic rings. The maximum Gasteiger partial charge on any atom is 0.139 e. The number of nitrogens with zero attached hydrogens (tertiary/aromatic N) is 1. The molecule has 0 spiro atoms. The Kier molecular flexibility index (Phi) is 4.63. The number of amidine groups is 1. The molecule has 0 unspecified atom stereocenters. The summed E-state index contributed by atoms with van der Waals surface area (Å²) in [5.41, 5.74) is 5.61. The van der Waals surface area contributed by atoms with Crippen LogP contribution < -0.4 is 10.5 Å². The highest BCUT2D eigenvalue weighted by molar-refractivity contribution is 5.80. The van der Waals surface area contributed by atoms with Crippen LogP contribution >= 0.6 is 0 Å². The van der Waals surface area contributed by atoms with Crippen LogP contribution in [-0.4, -0.2) is 30.9 Å². The maximum absolute atomic E-state index is 8.56. The van der Waals surface area contributed by atoms with Gasteiger partial charge in [-0.1, -0.05) is 23.4 Å². The molecule has 19 heavy (non-hydrogen) atoms. The molecule has 104 valence electrons. The Morgan fingerprint density at radius 3 is 2.63 bits per heavy atom. The first kappa shape index (κ1) is 13.7. The Hall–Kier alpha value is -1.75. The minimum absolute atomic E-state index is 0.0864. The number of ether oxygens (including phenoxy) is 2. The summed E-state index contributed by atoms with van der Waals surface area (Å²) in [6.07, 6.45) is 2.74. The Balaban J connectivity index is 1.60. The molecule has 1 fully saturated rings. The molecule has 0 saturated heterocycles. The van der Waals surface area contributed by atoms with E-state index in [1.54, 1.807) is 0 Å². The van der Waals surface area contributed by atoms with Crippen molar-refractivity contribution in [2.75, 3.05) is 19.8 Å². The highest BCUT2D eigenvalue weighted by Gasteiger charge is 2.43. The van der Waals surface area contributed by atoms with Crippen molar-refractivity contribution in [2.24, 2.45) is 16.3 Å². The summed E-state index contributed by atoms with van der Waals surface area (Å²) in [4.78, 5) is 0. The van der Waals surface area contributed by atoms with E-state index in [9.17, 15) is 0 Å². The molecule has 1 aromatic carbocycles. The highest BCUT2D eigenvalue weighted by Crippen LogP contribution is 2.48. The third kappa shape index (κ3) is 4.44. The van der Waals surface area contributed by atoms with E-state index in [2.05, 4.69) is 5.16 Å². The van der Waals surface area contributed by atoms with Gasteiger partial charge in [0.2, 0.25) is 0 Å². The molecular formula is C14H20N2O3. The lowest BCUT2D eigenvalue weighted by Gasteiger charge is -2.14. The Morgan fingerprint density at radius 1 is 1.26 bits per heavy atom. The summed E-state index contributed by atoms with van der Waals surface area (Å²) >= 11 is 0. The van der Waals surface area contributed by atoms with E-state index in [1.807, 2.05) is 30.3 Å². The first-order valence-electron chi connectivity index (χ1n) is 6.46. The van der Waals surface area contributed by atoms with E-state index >= 15 is 0 Å². The van der Waals surface area contributed by atoms with Crippen molar-refractivity contribution in [3.8, 4) is 5.75 Å². The van der Waals surface area contributed by atoms with Crippen LogP contribution in [0.4, 0.5) is 0 Å². The molecule has 5 heteroatoms. The number of rotatable bonds is 8. The second-order valence-electron chi connectivity index (χ2n) is 4.98. The number of hydrogen-bond acceptors (Lipinski definition) is 4. The molecule has 0 aliphatic heterocycles. The molecule has 0 atom stereocenters. The van der Waals surface area contributed by atoms with Gasteiger partial charge in [-0.15, -0.1) is 0 Å². The molecule has 3 N–H and O–H groups in total. The van der Waals surface area contributed by atoms with Crippen LogP contribution in [0.1, 0.15) is 19.3 Å². The van der Waals surface area contributed by atoms with Crippen LogP contribution in [0.3, 0.4) is 0 Å². The van der Waals surface area contributed by atoms with Crippen LogP contribution in [0.2, 0.25) is 0 Å². The lowest BCUT2D eigenvalue weighted by atomic mass is 10.0. The van der Waals surface area contributed by atoms with Crippen LogP contribution in [-0.2, 0) is 4.74 Å². The second-order valence-corrected chi connectivity index (χ2v) is 4.98. The van der Waals surface area contributed by atoms with Gasteiger partial charge in [-0.05, 0) is 25.0 Å². The van der Waals surface area contributed by atoms with Crippen LogP contribution in [0, 0.1) is 5.41 Å². The molecule has 0 radical (unpaired) electrons. The average molecular weight is 264 g/mol. The van der Waals surface area contributed by atoms with Crippen LogP contribution in [0.25, 0.3) is 0 Å². The number of para-hydroxylation sites is 1. The summed E-state index contributed by atoms with van der Waals surface area (Å²) in [7, 11) is 0. The Bertz CT molecular complexity index is 416. The zero-order valence-electron chi connectivity index (χ0n) is 10.9. The van der Waals surface area contributed by atoms with E-state index < -0.39 is 0 Å². The lowest BCUT2D eigenvalue weighted by Crippen LogP contribution is -2.22. The topological polar surface area (TPSA) is 77.1 Å². The van der Waals surface area contributed by atoms with Gasteiger partial charge in [0.25, 0.3) is 0 Å². The largest absolute Gasteiger partial charge is 0.491 e. The molecule has 2 rings (SSSR count). The van der Waals surface area contributed by atoms with Gasteiger partial charge in [0, 0.05) is 11.8 Å². The van der Waals surface area contributed by atoms with Crippen molar-refractivity contribution in [1.82, 2.24) is 0 Å². The predicted octanol–water partition coefficient (Wildman–Crippen LogP) is 2.00. The first-order chi connectivity index (χ1) is 9.24.